The Labute approximate surface area is 193 Å². The van der Waals surface area contributed by atoms with Gasteiger partial charge in [0, 0.05) is 5.56 Å². The fourth-order valence-electron chi connectivity index (χ4n) is 3.52. The maximum Gasteiger partial charge on any atom is 0.337 e. The summed E-state index contributed by atoms with van der Waals surface area (Å²) in [5, 5.41) is 9.66. The maximum atomic E-state index is 11.8. The number of carboxylic acids is 1. The van der Waals surface area contributed by atoms with E-state index >= 15 is 0 Å². The van der Waals surface area contributed by atoms with Crippen LogP contribution < -0.4 is 9.47 Å². The Kier molecular flexibility index (Phi) is 6.69. The Morgan fingerprint density at radius 1 is 0.818 bits per heavy atom. The fraction of sp³-hybridized carbons (Fsp3) is 0.143. The summed E-state index contributed by atoms with van der Waals surface area (Å²) in [6.07, 6.45) is 0. The molecule has 0 spiro atoms. The van der Waals surface area contributed by atoms with E-state index in [9.17, 15) is 9.90 Å². The second-order valence-corrected chi connectivity index (χ2v) is 7.87. The lowest BCUT2D eigenvalue weighted by Crippen LogP contribution is -2.09. The first kappa shape index (κ1) is 22.1. The molecule has 4 rings (SSSR count). The SMILES string of the molecule is Cc1cccc(OCc2nc(-c3cc(C)ccc3OCc3ccccc3)ccc2C(=O)O)c1. The molecule has 3 aromatic carbocycles. The van der Waals surface area contributed by atoms with Crippen LogP contribution in [0.15, 0.2) is 84.9 Å². The highest BCUT2D eigenvalue weighted by Crippen LogP contribution is 2.31. The molecule has 0 radical (unpaired) electrons. The number of nitrogens with zero attached hydrogens (tertiary/aromatic N) is 1. The normalized spacial score (nSPS) is 10.6. The van der Waals surface area contributed by atoms with Crippen molar-refractivity contribution in [3.63, 3.8) is 0 Å². The Balaban J connectivity index is 1.65. The average molecular weight is 440 g/mol. The van der Waals surface area contributed by atoms with E-state index in [2.05, 4.69) is 4.98 Å². The van der Waals surface area contributed by atoms with Gasteiger partial charge in [0.15, 0.2) is 0 Å². The molecule has 0 unspecified atom stereocenters. The molecule has 4 aromatic rings. The number of aromatic nitrogens is 1. The van der Waals surface area contributed by atoms with Crippen LogP contribution in [0.5, 0.6) is 11.5 Å². The smallest absolute Gasteiger partial charge is 0.337 e. The molecule has 0 saturated heterocycles. The predicted octanol–water partition coefficient (Wildman–Crippen LogP) is 6.22. The zero-order chi connectivity index (χ0) is 23.2. The number of rotatable bonds is 8. The Morgan fingerprint density at radius 2 is 1.61 bits per heavy atom. The van der Waals surface area contributed by atoms with Crippen LogP contribution in [-0.4, -0.2) is 16.1 Å². The van der Waals surface area contributed by atoms with Gasteiger partial charge < -0.3 is 14.6 Å². The third kappa shape index (κ3) is 5.57. The van der Waals surface area contributed by atoms with E-state index in [1.807, 2.05) is 86.6 Å². The summed E-state index contributed by atoms with van der Waals surface area (Å²) in [5.41, 5.74) is 5.09. The van der Waals surface area contributed by atoms with Crippen molar-refractivity contribution in [2.24, 2.45) is 0 Å². The van der Waals surface area contributed by atoms with Crippen LogP contribution in [0.4, 0.5) is 0 Å². The molecule has 1 aromatic heterocycles. The van der Waals surface area contributed by atoms with Crippen LogP contribution in [0.2, 0.25) is 0 Å². The minimum absolute atomic E-state index is 0.0466. The van der Waals surface area contributed by atoms with Crippen molar-refractivity contribution in [2.45, 2.75) is 27.1 Å². The zero-order valence-electron chi connectivity index (χ0n) is 18.6. The van der Waals surface area contributed by atoms with Crippen LogP contribution in [-0.2, 0) is 13.2 Å². The van der Waals surface area contributed by atoms with Crippen molar-refractivity contribution in [1.82, 2.24) is 4.98 Å². The number of aromatic carboxylic acids is 1. The molecular weight excluding hydrogens is 414 g/mol. The monoisotopic (exact) mass is 439 g/mol. The molecule has 0 bridgehead atoms. The van der Waals surface area contributed by atoms with Gasteiger partial charge in [-0.1, -0.05) is 54.1 Å². The highest BCUT2D eigenvalue weighted by Gasteiger charge is 2.16. The molecule has 0 aliphatic rings. The van der Waals surface area contributed by atoms with Crippen molar-refractivity contribution in [3.8, 4) is 22.8 Å². The molecule has 0 aliphatic heterocycles. The van der Waals surface area contributed by atoms with Crippen molar-refractivity contribution in [1.29, 1.82) is 0 Å². The third-order valence-corrected chi connectivity index (χ3v) is 5.22. The van der Waals surface area contributed by atoms with Gasteiger partial charge in [0.2, 0.25) is 0 Å². The maximum absolute atomic E-state index is 11.8. The Bertz CT molecular complexity index is 1270. The number of hydrogen-bond acceptors (Lipinski definition) is 4. The number of ether oxygens (including phenoxy) is 2. The van der Waals surface area contributed by atoms with Gasteiger partial charge in [-0.2, -0.15) is 0 Å². The number of carbonyl (C=O) groups is 1. The van der Waals surface area contributed by atoms with E-state index in [0.717, 1.165) is 22.3 Å². The zero-order valence-corrected chi connectivity index (χ0v) is 18.6. The molecule has 5 nitrogen and oxygen atoms in total. The summed E-state index contributed by atoms with van der Waals surface area (Å²) >= 11 is 0. The van der Waals surface area contributed by atoms with Gasteiger partial charge >= 0.3 is 5.97 Å². The van der Waals surface area contributed by atoms with Crippen LogP contribution >= 0.6 is 0 Å². The number of pyridine rings is 1. The molecule has 5 heteroatoms. The second-order valence-electron chi connectivity index (χ2n) is 7.87. The van der Waals surface area contributed by atoms with Gasteiger partial charge in [0.25, 0.3) is 0 Å². The molecular formula is C28H25NO4. The molecule has 0 fully saturated rings. The molecule has 33 heavy (non-hydrogen) atoms. The Hall–Kier alpha value is -4.12. The van der Waals surface area contributed by atoms with Gasteiger partial charge in [0.1, 0.15) is 24.7 Å². The van der Waals surface area contributed by atoms with Gasteiger partial charge in [-0.05, 0) is 61.4 Å². The van der Waals surface area contributed by atoms with Crippen LogP contribution in [0.1, 0.15) is 32.7 Å². The standard InChI is InChI=1S/C28H25NO4/c1-19-7-6-10-22(15-19)32-18-26-23(28(30)31)12-13-25(29-26)24-16-20(2)11-14-27(24)33-17-21-8-4-3-5-9-21/h3-16H,17-18H2,1-2H3,(H,30,31). The molecule has 0 aliphatic carbocycles. The topological polar surface area (TPSA) is 68.7 Å². The Morgan fingerprint density at radius 3 is 2.36 bits per heavy atom. The molecule has 0 amide bonds. The highest BCUT2D eigenvalue weighted by atomic mass is 16.5. The van der Waals surface area contributed by atoms with Crippen LogP contribution in [0.25, 0.3) is 11.3 Å². The lowest BCUT2D eigenvalue weighted by Gasteiger charge is -2.14. The van der Waals surface area contributed by atoms with E-state index in [1.165, 1.54) is 0 Å². The van der Waals surface area contributed by atoms with Gasteiger partial charge in [-0.25, -0.2) is 9.78 Å². The largest absolute Gasteiger partial charge is 0.488 e. The predicted molar refractivity (Wildman–Crippen MR) is 128 cm³/mol. The van der Waals surface area contributed by atoms with Gasteiger partial charge in [-0.3, -0.25) is 0 Å². The first-order valence-corrected chi connectivity index (χ1v) is 10.7. The first-order chi connectivity index (χ1) is 16.0. The van der Waals surface area contributed by atoms with E-state index in [-0.39, 0.29) is 12.2 Å². The van der Waals surface area contributed by atoms with E-state index in [1.54, 1.807) is 12.1 Å². The molecule has 0 saturated carbocycles. The molecule has 0 atom stereocenters. The third-order valence-electron chi connectivity index (χ3n) is 5.22. The van der Waals surface area contributed by atoms with E-state index in [4.69, 9.17) is 9.47 Å². The van der Waals surface area contributed by atoms with Crippen molar-refractivity contribution in [3.05, 3.63) is 113 Å². The minimum atomic E-state index is -1.04. The second kappa shape index (κ2) is 10.0. The highest BCUT2D eigenvalue weighted by molar-refractivity contribution is 5.89. The van der Waals surface area contributed by atoms with E-state index < -0.39 is 5.97 Å². The lowest BCUT2D eigenvalue weighted by molar-refractivity contribution is 0.0693. The first-order valence-electron chi connectivity index (χ1n) is 10.7. The number of carboxylic acid groups (broad SMARTS) is 1. The lowest BCUT2D eigenvalue weighted by atomic mass is 10.0. The average Bonchev–Trinajstić information content (AvgIpc) is 2.82. The summed E-state index contributed by atoms with van der Waals surface area (Å²) in [6, 6.07) is 26.7. The van der Waals surface area contributed by atoms with E-state index in [0.29, 0.717) is 29.5 Å². The summed E-state index contributed by atoms with van der Waals surface area (Å²) in [7, 11) is 0. The van der Waals surface area contributed by atoms with Crippen LogP contribution in [0.3, 0.4) is 0 Å². The number of benzene rings is 3. The fourth-order valence-corrected chi connectivity index (χ4v) is 3.52. The van der Waals surface area contributed by atoms with Gasteiger partial charge in [-0.15, -0.1) is 0 Å². The van der Waals surface area contributed by atoms with Gasteiger partial charge in [0.05, 0.1) is 17.0 Å². The summed E-state index contributed by atoms with van der Waals surface area (Å²) < 4.78 is 12.0. The summed E-state index contributed by atoms with van der Waals surface area (Å²) in [4.78, 5) is 16.5. The van der Waals surface area contributed by atoms with Crippen molar-refractivity contribution in [2.75, 3.05) is 0 Å². The quantitative estimate of drug-likeness (QED) is 0.353. The van der Waals surface area contributed by atoms with Crippen molar-refractivity contribution < 1.29 is 19.4 Å². The number of aryl methyl sites for hydroxylation is 2. The van der Waals surface area contributed by atoms with Crippen molar-refractivity contribution >= 4 is 5.97 Å². The summed E-state index contributed by atoms with van der Waals surface area (Å²) in [6.45, 7) is 4.44. The molecule has 1 N–H and O–H groups in total. The van der Waals surface area contributed by atoms with Crippen LogP contribution in [0, 0.1) is 13.8 Å². The minimum Gasteiger partial charge on any atom is -0.488 e. The number of hydrogen-bond donors (Lipinski definition) is 1. The summed E-state index contributed by atoms with van der Waals surface area (Å²) in [5.74, 6) is 0.313. The molecule has 1 heterocycles. The molecule has 166 valence electrons.